The number of carbonyl (C=O) groups is 2. The van der Waals surface area contributed by atoms with Crippen molar-refractivity contribution in [3.8, 4) is 0 Å². The number of hydrogen-bond donors (Lipinski definition) is 1. The van der Waals surface area contributed by atoms with Crippen molar-refractivity contribution in [3.05, 3.63) is 58.1 Å². The second-order valence-electron chi connectivity index (χ2n) is 8.96. The van der Waals surface area contributed by atoms with Crippen LogP contribution in [0.4, 0.5) is 5.13 Å². The highest BCUT2D eigenvalue weighted by Gasteiger charge is 2.40. The van der Waals surface area contributed by atoms with E-state index in [1.54, 1.807) is 5.38 Å². The summed E-state index contributed by atoms with van der Waals surface area (Å²) in [7, 11) is 1.35. The summed E-state index contributed by atoms with van der Waals surface area (Å²) in [6, 6.07) is 7.44. The number of amides is 1. The number of esters is 1. The van der Waals surface area contributed by atoms with Crippen LogP contribution in [0, 0.1) is 5.41 Å². The van der Waals surface area contributed by atoms with Crippen molar-refractivity contribution in [1.82, 2.24) is 9.88 Å². The van der Waals surface area contributed by atoms with Crippen LogP contribution in [0.1, 0.15) is 44.4 Å². The molecule has 1 aromatic carbocycles. The van der Waals surface area contributed by atoms with E-state index in [1.807, 2.05) is 24.0 Å². The molecule has 0 bridgehead atoms. The van der Waals surface area contributed by atoms with Gasteiger partial charge < -0.3 is 15.0 Å². The van der Waals surface area contributed by atoms with Crippen LogP contribution in [0.3, 0.4) is 0 Å². The smallest absolute Gasteiger partial charge is 0.311 e. The lowest BCUT2D eigenvalue weighted by Crippen LogP contribution is -2.52. The summed E-state index contributed by atoms with van der Waals surface area (Å²) < 4.78 is 4.69. The quantitative estimate of drug-likeness (QED) is 0.455. The molecule has 172 valence electrons. The summed E-state index contributed by atoms with van der Waals surface area (Å²) in [5.41, 5.74) is 2.50. The molecular formula is C24H30ClN3O3S. The number of halogens is 1. The number of benzene rings is 1. The van der Waals surface area contributed by atoms with Gasteiger partial charge in [-0.1, -0.05) is 44.2 Å². The number of piperidine rings is 1. The molecule has 1 unspecified atom stereocenters. The molecule has 32 heavy (non-hydrogen) atoms. The second-order valence-corrected chi connectivity index (χ2v) is 10.3. The zero-order chi connectivity index (χ0) is 23.5. The minimum Gasteiger partial charge on any atom is -0.469 e. The first-order chi connectivity index (χ1) is 15.1. The summed E-state index contributed by atoms with van der Waals surface area (Å²) >= 11 is 7.41. The number of nitrogens with zero attached hydrogens (tertiary/aromatic N) is 2. The van der Waals surface area contributed by atoms with Crippen LogP contribution < -0.4 is 5.32 Å². The average Bonchev–Trinajstić information content (AvgIpc) is 3.18. The van der Waals surface area contributed by atoms with Crippen molar-refractivity contribution in [2.75, 3.05) is 25.5 Å². The van der Waals surface area contributed by atoms with Crippen molar-refractivity contribution in [1.29, 1.82) is 0 Å². The Kier molecular flexibility index (Phi) is 7.62. The van der Waals surface area contributed by atoms with Gasteiger partial charge in [0.2, 0.25) is 5.91 Å². The first kappa shape index (κ1) is 24.3. The third-order valence-electron chi connectivity index (χ3n) is 5.93. The SMILES string of the molecule is C=C(C)[C@@H](Nc1nc(CC(=O)OC)cs1)C(=O)N1CCC(c2ccc(Cl)cc2)C(C)(C)C1. The van der Waals surface area contributed by atoms with Gasteiger partial charge in [-0.05, 0) is 47.9 Å². The number of likely N-dealkylation sites (tertiary alicyclic amines) is 1. The molecule has 1 saturated heterocycles. The van der Waals surface area contributed by atoms with Gasteiger partial charge in [-0.25, -0.2) is 4.98 Å². The van der Waals surface area contributed by atoms with Gasteiger partial charge in [0.1, 0.15) is 6.04 Å². The average molecular weight is 476 g/mol. The van der Waals surface area contributed by atoms with E-state index in [4.69, 9.17) is 16.3 Å². The maximum Gasteiger partial charge on any atom is 0.311 e. The molecule has 0 spiro atoms. The molecule has 1 aliphatic rings. The van der Waals surface area contributed by atoms with E-state index in [9.17, 15) is 9.59 Å². The number of rotatable bonds is 7. The Balaban J connectivity index is 1.70. The molecule has 6 nitrogen and oxygen atoms in total. The largest absolute Gasteiger partial charge is 0.469 e. The highest BCUT2D eigenvalue weighted by atomic mass is 35.5. The van der Waals surface area contributed by atoms with Crippen LogP contribution in [-0.2, 0) is 20.7 Å². The number of aromatic nitrogens is 1. The fraction of sp³-hybridized carbons (Fsp3) is 0.458. The molecule has 1 aliphatic heterocycles. The van der Waals surface area contributed by atoms with E-state index in [2.05, 4.69) is 42.9 Å². The van der Waals surface area contributed by atoms with Crippen molar-refractivity contribution in [2.24, 2.45) is 5.41 Å². The molecule has 1 fully saturated rings. The molecule has 8 heteroatoms. The first-order valence-corrected chi connectivity index (χ1v) is 11.8. The Labute approximate surface area is 198 Å². The van der Waals surface area contributed by atoms with Gasteiger partial charge in [-0.3, -0.25) is 9.59 Å². The highest BCUT2D eigenvalue weighted by molar-refractivity contribution is 7.13. The van der Waals surface area contributed by atoms with Crippen LogP contribution in [0.2, 0.25) is 5.02 Å². The predicted octanol–water partition coefficient (Wildman–Crippen LogP) is 4.91. The van der Waals surface area contributed by atoms with Gasteiger partial charge in [-0.2, -0.15) is 0 Å². The lowest BCUT2D eigenvalue weighted by molar-refractivity contribution is -0.140. The van der Waals surface area contributed by atoms with Gasteiger partial charge in [0.25, 0.3) is 0 Å². The number of nitrogens with one attached hydrogen (secondary N) is 1. The summed E-state index contributed by atoms with van der Waals surface area (Å²) in [5.74, 6) is -0.00934. The Morgan fingerprint density at radius 2 is 2.06 bits per heavy atom. The molecule has 2 atom stereocenters. The van der Waals surface area contributed by atoms with Gasteiger partial charge >= 0.3 is 5.97 Å². The summed E-state index contributed by atoms with van der Waals surface area (Å²) in [6.45, 7) is 11.6. The zero-order valence-electron chi connectivity index (χ0n) is 19.0. The number of methoxy groups -OCH3 is 1. The monoisotopic (exact) mass is 475 g/mol. The fourth-order valence-electron chi connectivity index (χ4n) is 4.23. The topological polar surface area (TPSA) is 71.5 Å². The van der Waals surface area contributed by atoms with E-state index in [-0.39, 0.29) is 23.7 Å². The van der Waals surface area contributed by atoms with E-state index in [0.29, 0.717) is 29.8 Å². The summed E-state index contributed by atoms with van der Waals surface area (Å²) in [5, 5.41) is 6.32. The third kappa shape index (κ3) is 5.70. The maximum atomic E-state index is 13.4. The van der Waals surface area contributed by atoms with E-state index in [0.717, 1.165) is 17.0 Å². The number of thiazole rings is 1. The molecule has 2 aromatic rings. The normalized spacial score (nSPS) is 18.7. The van der Waals surface area contributed by atoms with Crippen LogP contribution in [0.25, 0.3) is 0 Å². The van der Waals surface area contributed by atoms with Gasteiger partial charge in [-0.15, -0.1) is 11.3 Å². The zero-order valence-corrected chi connectivity index (χ0v) is 20.6. The Hall–Kier alpha value is -2.38. The number of ether oxygens (including phenoxy) is 1. The lowest BCUT2D eigenvalue weighted by Gasteiger charge is -2.45. The third-order valence-corrected chi connectivity index (χ3v) is 7.00. The Morgan fingerprint density at radius 3 is 2.66 bits per heavy atom. The van der Waals surface area contributed by atoms with Gasteiger partial charge in [0.05, 0.1) is 19.2 Å². The summed E-state index contributed by atoms with van der Waals surface area (Å²) in [4.78, 5) is 31.3. The Bertz CT molecular complexity index is 987. The first-order valence-electron chi connectivity index (χ1n) is 10.6. The molecule has 0 radical (unpaired) electrons. The molecule has 3 rings (SSSR count). The molecule has 1 aromatic heterocycles. The lowest BCUT2D eigenvalue weighted by atomic mass is 9.70. The number of anilines is 1. The van der Waals surface area contributed by atoms with Crippen molar-refractivity contribution >= 4 is 39.9 Å². The molecule has 0 aliphatic carbocycles. The predicted molar refractivity (Wildman–Crippen MR) is 129 cm³/mol. The standard InChI is InChI=1S/C24H30ClN3O3S/c1-15(2)21(27-23-26-18(13-32-23)12-20(29)31-5)22(30)28-11-10-19(24(3,4)14-28)16-6-8-17(25)9-7-16/h6-9,13,19,21H,1,10-12,14H2,2-5H3,(H,26,27)/t19?,21-/m1/s1. The van der Waals surface area contributed by atoms with E-state index in [1.165, 1.54) is 24.0 Å². The second kappa shape index (κ2) is 10.0. The van der Waals surface area contributed by atoms with Crippen molar-refractivity contribution in [3.63, 3.8) is 0 Å². The minimum atomic E-state index is -0.574. The number of hydrogen-bond acceptors (Lipinski definition) is 6. The summed E-state index contributed by atoms with van der Waals surface area (Å²) in [6.07, 6.45) is 0.983. The van der Waals surface area contributed by atoms with Crippen LogP contribution in [0.15, 0.2) is 41.8 Å². The molecule has 0 saturated carbocycles. The van der Waals surface area contributed by atoms with Crippen LogP contribution in [-0.4, -0.2) is 48.0 Å². The minimum absolute atomic E-state index is 0.00940. The molecule has 1 N–H and O–H groups in total. The van der Waals surface area contributed by atoms with Crippen LogP contribution in [0.5, 0.6) is 0 Å². The highest BCUT2D eigenvalue weighted by Crippen LogP contribution is 2.42. The van der Waals surface area contributed by atoms with Crippen molar-refractivity contribution < 1.29 is 14.3 Å². The molecule has 2 heterocycles. The van der Waals surface area contributed by atoms with Gasteiger partial charge in [0.15, 0.2) is 5.13 Å². The molecular weight excluding hydrogens is 446 g/mol. The maximum absolute atomic E-state index is 13.4. The van der Waals surface area contributed by atoms with Crippen LogP contribution >= 0.6 is 22.9 Å². The number of carbonyl (C=O) groups excluding carboxylic acids is 2. The fourth-order valence-corrected chi connectivity index (χ4v) is 5.10. The van der Waals surface area contributed by atoms with E-state index < -0.39 is 6.04 Å². The Morgan fingerprint density at radius 1 is 1.38 bits per heavy atom. The van der Waals surface area contributed by atoms with E-state index >= 15 is 0 Å². The molecule has 1 amide bonds. The van der Waals surface area contributed by atoms with Crippen molar-refractivity contribution in [2.45, 2.75) is 45.6 Å². The van der Waals surface area contributed by atoms with Gasteiger partial charge in [0, 0.05) is 23.5 Å².